The Labute approximate surface area is 91.0 Å². The minimum atomic E-state index is -0.396. The Morgan fingerprint density at radius 2 is 2.20 bits per heavy atom. The Hall–Kier alpha value is -0.770. The molecule has 15 heavy (non-hydrogen) atoms. The molecular formula is C11H20N2O2. The topological polar surface area (TPSA) is 41.6 Å². The van der Waals surface area contributed by atoms with E-state index >= 15 is 0 Å². The lowest BCUT2D eigenvalue weighted by Crippen LogP contribution is -2.62. The number of ether oxygens (including phenoxy) is 1. The van der Waals surface area contributed by atoms with Crippen LogP contribution in [-0.2, 0) is 4.74 Å². The van der Waals surface area contributed by atoms with Crippen LogP contribution in [0.1, 0.15) is 27.7 Å². The monoisotopic (exact) mass is 212 g/mol. The molecule has 2 aliphatic heterocycles. The molecule has 0 saturated carbocycles. The van der Waals surface area contributed by atoms with Crippen LogP contribution in [0.3, 0.4) is 0 Å². The Bertz CT molecular complexity index is 285. The van der Waals surface area contributed by atoms with Gasteiger partial charge in [-0.25, -0.2) is 4.79 Å². The average molecular weight is 212 g/mol. The SMILES string of the molecule is CC(C)(C)OC(=O)N1CC2CNC2(C)C1. The van der Waals surface area contributed by atoms with E-state index in [1.165, 1.54) is 0 Å². The van der Waals surface area contributed by atoms with Gasteiger partial charge in [-0.3, -0.25) is 0 Å². The first-order chi connectivity index (χ1) is 6.80. The predicted molar refractivity (Wildman–Crippen MR) is 57.7 cm³/mol. The van der Waals surface area contributed by atoms with E-state index in [0.717, 1.165) is 19.6 Å². The van der Waals surface area contributed by atoms with Crippen LogP contribution >= 0.6 is 0 Å². The molecule has 0 radical (unpaired) electrons. The summed E-state index contributed by atoms with van der Waals surface area (Å²) in [7, 11) is 0. The van der Waals surface area contributed by atoms with E-state index in [1.807, 2.05) is 25.7 Å². The van der Waals surface area contributed by atoms with Crippen molar-refractivity contribution in [2.75, 3.05) is 19.6 Å². The van der Waals surface area contributed by atoms with Crippen LogP contribution in [0.5, 0.6) is 0 Å². The fraction of sp³-hybridized carbons (Fsp3) is 0.909. The van der Waals surface area contributed by atoms with Crippen LogP contribution in [0.2, 0.25) is 0 Å². The summed E-state index contributed by atoms with van der Waals surface area (Å²) in [5, 5.41) is 3.38. The van der Waals surface area contributed by atoms with E-state index in [1.54, 1.807) is 0 Å². The molecule has 2 heterocycles. The highest BCUT2D eigenvalue weighted by atomic mass is 16.6. The zero-order valence-electron chi connectivity index (χ0n) is 9.96. The number of hydrogen-bond acceptors (Lipinski definition) is 3. The zero-order valence-corrected chi connectivity index (χ0v) is 9.96. The lowest BCUT2D eigenvalue weighted by Gasteiger charge is -2.42. The second-order valence-electron chi connectivity index (χ2n) is 5.86. The molecule has 2 rings (SSSR count). The van der Waals surface area contributed by atoms with Crippen molar-refractivity contribution < 1.29 is 9.53 Å². The van der Waals surface area contributed by atoms with E-state index in [0.29, 0.717) is 5.92 Å². The third-order valence-corrected chi connectivity index (χ3v) is 3.27. The normalized spacial score (nSPS) is 34.7. The molecule has 0 spiro atoms. The van der Waals surface area contributed by atoms with Crippen molar-refractivity contribution in [2.24, 2.45) is 5.92 Å². The summed E-state index contributed by atoms with van der Waals surface area (Å²) < 4.78 is 5.35. The summed E-state index contributed by atoms with van der Waals surface area (Å²) in [5.41, 5.74) is -0.260. The molecule has 0 aromatic rings. The van der Waals surface area contributed by atoms with Crippen LogP contribution in [0.25, 0.3) is 0 Å². The Kier molecular flexibility index (Phi) is 2.23. The summed E-state index contributed by atoms with van der Waals surface area (Å²) in [6.45, 7) is 10.5. The molecule has 1 amide bonds. The molecule has 4 nitrogen and oxygen atoms in total. The van der Waals surface area contributed by atoms with Crippen LogP contribution in [0.15, 0.2) is 0 Å². The molecule has 0 bridgehead atoms. The number of likely N-dealkylation sites (tertiary alicyclic amines) is 1. The fourth-order valence-electron chi connectivity index (χ4n) is 2.24. The highest BCUT2D eigenvalue weighted by Crippen LogP contribution is 2.34. The average Bonchev–Trinajstić information content (AvgIpc) is 2.26. The largest absolute Gasteiger partial charge is 0.444 e. The van der Waals surface area contributed by atoms with Crippen LogP contribution in [0, 0.1) is 5.92 Å². The van der Waals surface area contributed by atoms with E-state index in [-0.39, 0.29) is 11.6 Å². The van der Waals surface area contributed by atoms with Crippen molar-refractivity contribution in [1.82, 2.24) is 10.2 Å². The quantitative estimate of drug-likeness (QED) is 0.656. The molecular weight excluding hydrogens is 192 g/mol. The first kappa shape index (κ1) is 10.7. The summed E-state index contributed by atoms with van der Waals surface area (Å²) in [6.07, 6.45) is -0.181. The highest BCUT2D eigenvalue weighted by molar-refractivity contribution is 5.69. The number of rotatable bonds is 0. The Morgan fingerprint density at radius 3 is 2.53 bits per heavy atom. The van der Waals surface area contributed by atoms with Crippen molar-refractivity contribution in [1.29, 1.82) is 0 Å². The fourth-order valence-corrected chi connectivity index (χ4v) is 2.24. The van der Waals surface area contributed by atoms with Crippen molar-refractivity contribution in [3.8, 4) is 0 Å². The Balaban J connectivity index is 1.94. The standard InChI is InChI=1S/C11H20N2O2/c1-10(2,3)15-9(14)13-6-8-5-12-11(8,4)7-13/h8,12H,5-7H2,1-4H3. The van der Waals surface area contributed by atoms with Crippen LogP contribution in [-0.4, -0.2) is 41.8 Å². The van der Waals surface area contributed by atoms with Gasteiger partial charge in [0.1, 0.15) is 5.60 Å². The van der Waals surface area contributed by atoms with Crippen molar-refractivity contribution in [3.05, 3.63) is 0 Å². The molecule has 2 saturated heterocycles. The number of fused-ring (bicyclic) bond motifs is 1. The summed E-state index contributed by atoms with van der Waals surface area (Å²) in [6, 6.07) is 0. The summed E-state index contributed by atoms with van der Waals surface area (Å²) >= 11 is 0. The second kappa shape index (κ2) is 3.11. The number of nitrogens with zero attached hydrogens (tertiary/aromatic N) is 1. The van der Waals surface area contributed by atoms with Crippen molar-refractivity contribution in [2.45, 2.75) is 38.8 Å². The maximum atomic E-state index is 11.8. The van der Waals surface area contributed by atoms with Gasteiger partial charge in [0.25, 0.3) is 0 Å². The molecule has 4 heteroatoms. The molecule has 2 atom stereocenters. The first-order valence-electron chi connectivity index (χ1n) is 5.53. The number of carbonyl (C=O) groups is 1. The molecule has 2 aliphatic rings. The van der Waals surface area contributed by atoms with Gasteiger partial charge in [-0.05, 0) is 27.7 Å². The zero-order chi connectivity index (χ0) is 11.3. The van der Waals surface area contributed by atoms with E-state index in [2.05, 4.69) is 12.2 Å². The second-order valence-corrected chi connectivity index (χ2v) is 5.86. The molecule has 0 aliphatic carbocycles. The van der Waals surface area contributed by atoms with Gasteiger partial charge in [0.05, 0.1) is 0 Å². The van der Waals surface area contributed by atoms with Gasteiger partial charge in [0, 0.05) is 31.1 Å². The van der Waals surface area contributed by atoms with Crippen molar-refractivity contribution >= 4 is 6.09 Å². The summed E-state index contributed by atoms with van der Waals surface area (Å²) in [4.78, 5) is 13.6. The van der Waals surface area contributed by atoms with Gasteiger partial charge in [0.2, 0.25) is 0 Å². The molecule has 1 N–H and O–H groups in total. The lowest BCUT2D eigenvalue weighted by molar-refractivity contribution is 0.0285. The van der Waals surface area contributed by atoms with Gasteiger partial charge in [-0.15, -0.1) is 0 Å². The lowest BCUT2D eigenvalue weighted by atomic mass is 9.81. The van der Waals surface area contributed by atoms with Gasteiger partial charge in [0.15, 0.2) is 0 Å². The third kappa shape index (κ3) is 1.95. The van der Waals surface area contributed by atoms with Gasteiger partial charge in [-0.1, -0.05) is 0 Å². The third-order valence-electron chi connectivity index (χ3n) is 3.27. The maximum Gasteiger partial charge on any atom is 0.410 e. The van der Waals surface area contributed by atoms with Crippen LogP contribution in [0.4, 0.5) is 4.79 Å². The maximum absolute atomic E-state index is 11.8. The van der Waals surface area contributed by atoms with E-state index < -0.39 is 5.60 Å². The molecule has 0 aromatic heterocycles. The number of amides is 1. The number of nitrogens with one attached hydrogen (secondary N) is 1. The molecule has 2 fully saturated rings. The van der Waals surface area contributed by atoms with Crippen LogP contribution < -0.4 is 5.32 Å². The van der Waals surface area contributed by atoms with E-state index in [4.69, 9.17) is 4.74 Å². The van der Waals surface area contributed by atoms with Gasteiger partial charge in [-0.2, -0.15) is 0 Å². The Morgan fingerprint density at radius 1 is 1.53 bits per heavy atom. The first-order valence-corrected chi connectivity index (χ1v) is 5.53. The predicted octanol–water partition coefficient (Wildman–Crippen LogP) is 1.22. The minimum absolute atomic E-state index is 0.136. The van der Waals surface area contributed by atoms with E-state index in [9.17, 15) is 4.79 Å². The van der Waals surface area contributed by atoms with Gasteiger partial charge < -0.3 is 15.0 Å². The number of hydrogen-bond donors (Lipinski definition) is 1. The highest BCUT2D eigenvalue weighted by Gasteiger charge is 2.51. The van der Waals surface area contributed by atoms with Gasteiger partial charge >= 0.3 is 6.09 Å². The smallest absolute Gasteiger partial charge is 0.410 e. The number of carbonyl (C=O) groups excluding carboxylic acids is 1. The summed E-state index contributed by atoms with van der Waals surface area (Å²) in [5.74, 6) is 0.602. The minimum Gasteiger partial charge on any atom is -0.444 e. The molecule has 86 valence electrons. The molecule has 2 unspecified atom stereocenters. The molecule has 0 aromatic carbocycles. The van der Waals surface area contributed by atoms with Crippen molar-refractivity contribution in [3.63, 3.8) is 0 Å².